The van der Waals surface area contributed by atoms with Gasteiger partial charge in [0.25, 0.3) is 10.0 Å². The molecule has 1 atom stereocenters. The first kappa shape index (κ1) is 15.9. The minimum atomic E-state index is -3.69. The van der Waals surface area contributed by atoms with Crippen molar-refractivity contribution in [2.75, 3.05) is 4.72 Å². The molecule has 0 amide bonds. The molecule has 0 aliphatic carbocycles. The highest BCUT2D eigenvalue weighted by atomic mass is 79.9. The number of halogens is 1. The summed E-state index contributed by atoms with van der Waals surface area (Å²) in [6.45, 7) is 3.47. The van der Waals surface area contributed by atoms with Gasteiger partial charge in [-0.3, -0.25) is 4.72 Å². The Balaban J connectivity index is 2.27. The average Bonchev–Trinajstić information content (AvgIpc) is 2.43. The number of aliphatic hydroxyl groups excluding tert-OH is 1. The zero-order valence-electron chi connectivity index (χ0n) is 11.5. The summed E-state index contributed by atoms with van der Waals surface area (Å²) in [7, 11) is -3.69. The Morgan fingerprint density at radius 2 is 1.90 bits per heavy atom. The lowest BCUT2D eigenvalue weighted by Gasteiger charge is -2.10. The molecule has 0 aliphatic heterocycles. The van der Waals surface area contributed by atoms with Gasteiger partial charge in [-0.25, -0.2) is 13.4 Å². The highest BCUT2D eigenvalue weighted by Crippen LogP contribution is 2.21. The molecule has 0 aliphatic rings. The van der Waals surface area contributed by atoms with E-state index in [-0.39, 0.29) is 10.7 Å². The number of aliphatic hydroxyl groups is 1. The normalized spacial score (nSPS) is 13.0. The van der Waals surface area contributed by atoms with Gasteiger partial charge in [0.2, 0.25) is 0 Å². The van der Waals surface area contributed by atoms with E-state index in [0.717, 1.165) is 10.0 Å². The van der Waals surface area contributed by atoms with Gasteiger partial charge < -0.3 is 5.11 Å². The van der Waals surface area contributed by atoms with Crippen molar-refractivity contribution >= 4 is 31.8 Å². The van der Waals surface area contributed by atoms with E-state index in [0.29, 0.717) is 5.56 Å². The van der Waals surface area contributed by atoms with E-state index in [1.807, 2.05) is 6.92 Å². The van der Waals surface area contributed by atoms with Crippen molar-refractivity contribution in [1.29, 1.82) is 0 Å². The Labute approximate surface area is 132 Å². The maximum Gasteiger partial charge on any atom is 0.263 e. The summed E-state index contributed by atoms with van der Waals surface area (Å²) < 4.78 is 27.7. The third-order valence-corrected chi connectivity index (χ3v) is 5.16. The second-order valence-corrected chi connectivity index (χ2v) is 7.21. The van der Waals surface area contributed by atoms with Gasteiger partial charge >= 0.3 is 0 Å². The van der Waals surface area contributed by atoms with Gasteiger partial charge in [0, 0.05) is 10.7 Å². The quantitative estimate of drug-likeness (QED) is 0.866. The van der Waals surface area contributed by atoms with Crippen LogP contribution in [0.25, 0.3) is 0 Å². The SMILES string of the molecule is Cc1cc(NS(=O)(=O)c2ccc(C(C)O)cc2)ncc1Br. The number of pyridine rings is 1. The van der Waals surface area contributed by atoms with Gasteiger partial charge in [-0.1, -0.05) is 12.1 Å². The number of anilines is 1. The second kappa shape index (κ2) is 6.13. The van der Waals surface area contributed by atoms with Crippen molar-refractivity contribution in [3.63, 3.8) is 0 Å². The Morgan fingerprint density at radius 1 is 1.29 bits per heavy atom. The second-order valence-electron chi connectivity index (χ2n) is 4.67. The minimum absolute atomic E-state index is 0.120. The topological polar surface area (TPSA) is 79.3 Å². The predicted octanol–water partition coefficient (Wildman–Crippen LogP) is 3.01. The highest BCUT2D eigenvalue weighted by Gasteiger charge is 2.15. The largest absolute Gasteiger partial charge is 0.389 e. The van der Waals surface area contributed by atoms with Gasteiger partial charge in [-0.05, 0) is 59.1 Å². The van der Waals surface area contributed by atoms with Gasteiger partial charge in [-0.2, -0.15) is 0 Å². The molecule has 0 spiro atoms. The highest BCUT2D eigenvalue weighted by molar-refractivity contribution is 9.10. The summed E-state index contributed by atoms with van der Waals surface area (Å²) >= 11 is 3.31. The number of aryl methyl sites for hydroxylation is 1. The van der Waals surface area contributed by atoms with Crippen LogP contribution in [-0.4, -0.2) is 18.5 Å². The van der Waals surface area contributed by atoms with Crippen LogP contribution in [0.4, 0.5) is 5.82 Å². The molecular formula is C14H15BrN2O3S. The van der Waals surface area contributed by atoms with Crippen LogP contribution in [-0.2, 0) is 10.0 Å². The lowest BCUT2D eigenvalue weighted by Crippen LogP contribution is -2.14. The van der Waals surface area contributed by atoms with Gasteiger partial charge in [0.05, 0.1) is 11.0 Å². The number of hydrogen-bond acceptors (Lipinski definition) is 4. The molecule has 2 rings (SSSR count). The third kappa shape index (κ3) is 3.81. The van der Waals surface area contributed by atoms with Crippen LogP contribution in [0.2, 0.25) is 0 Å². The molecule has 1 heterocycles. The van der Waals surface area contributed by atoms with Crippen molar-refractivity contribution < 1.29 is 13.5 Å². The van der Waals surface area contributed by atoms with E-state index >= 15 is 0 Å². The number of sulfonamides is 1. The van der Waals surface area contributed by atoms with Crippen LogP contribution in [0.15, 0.2) is 45.9 Å². The molecule has 0 saturated heterocycles. The fourth-order valence-electron chi connectivity index (χ4n) is 1.72. The maximum absolute atomic E-state index is 12.3. The van der Waals surface area contributed by atoms with E-state index < -0.39 is 16.1 Å². The van der Waals surface area contributed by atoms with E-state index in [2.05, 4.69) is 25.6 Å². The van der Waals surface area contributed by atoms with E-state index in [1.165, 1.54) is 12.1 Å². The van der Waals surface area contributed by atoms with E-state index in [9.17, 15) is 13.5 Å². The van der Waals surface area contributed by atoms with E-state index in [4.69, 9.17) is 0 Å². The first-order valence-corrected chi connectivity index (χ1v) is 8.50. The number of hydrogen-bond donors (Lipinski definition) is 2. The molecule has 0 radical (unpaired) electrons. The van der Waals surface area contributed by atoms with Crippen LogP contribution >= 0.6 is 15.9 Å². The smallest absolute Gasteiger partial charge is 0.263 e. The molecule has 0 fully saturated rings. The fourth-order valence-corrected chi connectivity index (χ4v) is 2.93. The summed E-state index contributed by atoms with van der Waals surface area (Å²) in [5.41, 5.74) is 1.54. The number of nitrogens with zero attached hydrogens (tertiary/aromatic N) is 1. The predicted molar refractivity (Wildman–Crippen MR) is 84.6 cm³/mol. The number of nitrogens with one attached hydrogen (secondary N) is 1. The van der Waals surface area contributed by atoms with Crippen LogP contribution in [0.5, 0.6) is 0 Å². The van der Waals surface area contributed by atoms with Crippen LogP contribution in [0, 0.1) is 6.92 Å². The van der Waals surface area contributed by atoms with Crippen molar-refractivity contribution in [2.45, 2.75) is 24.8 Å². The zero-order valence-corrected chi connectivity index (χ0v) is 13.9. The van der Waals surface area contributed by atoms with Crippen molar-refractivity contribution in [3.05, 3.63) is 52.1 Å². The minimum Gasteiger partial charge on any atom is -0.389 e. The molecule has 0 saturated carbocycles. The zero-order chi connectivity index (χ0) is 15.6. The Kier molecular flexibility index (Phi) is 4.65. The summed E-state index contributed by atoms with van der Waals surface area (Å²) in [5.74, 6) is 0.260. The van der Waals surface area contributed by atoms with Gasteiger partial charge in [0.15, 0.2) is 0 Å². The lowest BCUT2D eigenvalue weighted by atomic mass is 10.1. The van der Waals surface area contributed by atoms with Crippen molar-refractivity contribution in [1.82, 2.24) is 4.98 Å². The Bertz CT molecular complexity index is 743. The molecule has 1 unspecified atom stereocenters. The number of benzene rings is 1. The molecule has 2 aromatic rings. The molecule has 0 bridgehead atoms. The summed E-state index contributed by atoms with van der Waals surface area (Å²) in [6.07, 6.45) is 0.912. The van der Waals surface area contributed by atoms with Gasteiger partial charge in [0.1, 0.15) is 5.82 Å². The van der Waals surface area contributed by atoms with Crippen molar-refractivity contribution in [2.24, 2.45) is 0 Å². The monoisotopic (exact) mass is 370 g/mol. The average molecular weight is 371 g/mol. The van der Waals surface area contributed by atoms with Crippen LogP contribution in [0.3, 0.4) is 0 Å². The molecule has 5 nitrogen and oxygen atoms in total. The fraction of sp³-hybridized carbons (Fsp3) is 0.214. The Morgan fingerprint density at radius 3 is 2.43 bits per heavy atom. The first-order chi connectivity index (χ1) is 9.79. The standard InChI is InChI=1S/C14H15BrN2O3S/c1-9-7-14(16-8-13(9)15)17-21(19,20)12-5-3-11(4-6-12)10(2)18/h3-8,10,18H,1-2H3,(H,16,17). The molecule has 112 valence electrons. The van der Waals surface area contributed by atoms with Crippen molar-refractivity contribution in [3.8, 4) is 0 Å². The Hall–Kier alpha value is -1.44. The maximum atomic E-state index is 12.3. The lowest BCUT2D eigenvalue weighted by molar-refractivity contribution is 0.199. The van der Waals surface area contributed by atoms with Crippen LogP contribution < -0.4 is 4.72 Å². The summed E-state index contributed by atoms with van der Waals surface area (Å²) in [6, 6.07) is 7.72. The number of rotatable bonds is 4. The van der Waals surface area contributed by atoms with E-state index in [1.54, 1.807) is 31.3 Å². The molecule has 21 heavy (non-hydrogen) atoms. The molecule has 2 N–H and O–H groups in total. The van der Waals surface area contributed by atoms with Crippen LogP contribution in [0.1, 0.15) is 24.2 Å². The molecule has 1 aromatic carbocycles. The number of aromatic nitrogens is 1. The molecule has 7 heteroatoms. The summed E-state index contributed by atoms with van der Waals surface area (Å²) in [5, 5.41) is 9.43. The molecule has 1 aromatic heterocycles. The first-order valence-electron chi connectivity index (χ1n) is 6.22. The summed E-state index contributed by atoms with van der Waals surface area (Å²) in [4.78, 5) is 4.14. The van der Waals surface area contributed by atoms with Gasteiger partial charge in [-0.15, -0.1) is 0 Å². The third-order valence-electron chi connectivity index (χ3n) is 2.96. The molecular weight excluding hydrogens is 356 g/mol.